The minimum Gasteiger partial charge on any atom is -0.453 e. The lowest BCUT2D eigenvalue weighted by Crippen LogP contribution is -2.10. The van der Waals surface area contributed by atoms with Crippen LogP contribution in [0.1, 0.15) is 0 Å². The Morgan fingerprint density at radius 3 is 1.85 bits per heavy atom. The molecule has 9 aromatic carbocycles. The van der Waals surface area contributed by atoms with Gasteiger partial charge in [0.25, 0.3) is 0 Å². The van der Waals surface area contributed by atoms with Crippen LogP contribution in [-0.2, 0) is 0 Å². The number of anilines is 3. The van der Waals surface area contributed by atoms with Gasteiger partial charge in [-0.15, -0.1) is 11.3 Å². The van der Waals surface area contributed by atoms with E-state index in [0.717, 1.165) is 50.1 Å². The Bertz CT molecular complexity index is 3170. The van der Waals surface area contributed by atoms with Gasteiger partial charge >= 0.3 is 0 Å². The molecule has 0 aliphatic carbocycles. The first-order valence-corrected chi connectivity index (χ1v) is 18.8. The molecular weight excluding hydrogens is 663 g/mol. The molecule has 2 nitrogen and oxygen atoms in total. The van der Waals surface area contributed by atoms with Crippen LogP contribution in [0.2, 0.25) is 0 Å². The van der Waals surface area contributed by atoms with Crippen LogP contribution in [-0.4, -0.2) is 0 Å². The average Bonchev–Trinajstić information content (AvgIpc) is 3.81. The Morgan fingerprint density at radius 1 is 0.377 bits per heavy atom. The number of nitrogens with zero attached hydrogens (tertiary/aromatic N) is 1. The summed E-state index contributed by atoms with van der Waals surface area (Å²) >= 11 is 1.85. The van der Waals surface area contributed by atoms with Gasteiger partial charge in [0.1, 0.15) is 5.58 Å². The van der Waals surface area contributed by atoms with Crippen molar-refractivity contribution in [2.24, 2.45) is 0 Å². The number of fused-ring (bicyclic) bond motifs is 9. The summed E-state index contributed by atoms with van der Waals surface area (Å²) in [6.07, 6.45) is 0. The van der Waals surface area contributed by atoms with Crippen LogP contribution in [0.25, 0.3) is 85.9 Å². The fraction of sp³-hybridized carbons (Fsp3) is 0. The topological polar surface area (TPSA) is 16.4 Å². The quantitative estimate of drug-likeness (QED) is 0.167. The second-order valence-electron chi connectivity index (χ2n) is 13.7. The summed E-state index contributed by atoms with van der Waals surface area (Å²) in [5.74, 6) is 0. The van der Waals surface area contributed by atoms with Crippen LogP contribution >= 0.6 is 11.3 Å². The van der Waals surface area contributed by atoms with Crippen LogP contribution < -0.4 is 4.90 Å². The van der Waals surface area contributed by atoms with Crippen LogP contribution in [0.15, 0.2) is 192 Å². The van der Waals surface area contributed by atoms with E-state index >= 15 is 0 Å². The van der Waals surface area contributed by atoms with E-state index in [1.807, 2.05) is 11.3 Å². The Kier molecular flexibility index (Phi) is 6.76. The van der Waals surface area contributed by atoms with Crippen LogP contribution in [0.3, 0.4) is 0 Å². The van der Waals surface area contributed by atoms with Crippen molar-refractivity contribution in [3.63, 3.8) is 0 Å². The van der Waals surface area contributed by atoms with E-state index in [-0.39, 0.29) is 0 Å². The van der Waals surface area contributed by atoms with E-state index in [2.05, 4.69) is 193 Å². The van der Waals surface area contributed by atoms with Crippen molar-refractivity contribution in [3.05, 3.63) is 188 Å². The van der Waals surface area contributed by atoms with Crippen molar-refractivity contribution in [1.29, 1.82) is 0 Å². The molecule has 11 aromatic rings. The van der Waals surface area contributed by atoms with E-state index in [0.29, 0.717) is 0 Å². The van der Waals surface area contributed by atoms with Crippen molar-refractivity contribution in [3.8, 4) is 22.3 Å². The molecule has 0 saturated carbocycles. The first-order valence-electron chi connectivity index (χ1n) is 18.0. The minimum absolute atomic E-state index is 0.870. The second-order valence-corrected chi connectivity index (χ2v) is 14.7. The zero-order valence-electron chi connectivity index (χ0n) is 28.7. The van der Waals surface area contributed by atoms with Gasteiger partial charge in [0.15, 0.2) is 5.58 Å². The molecule has 2 aromatic heterocycles. The summed E-state index contributed by atoms with van der Waals surface area (Å²) in [5, 5.41) is 9.82. The van der Waals surface area contributed by atoms with E-state index in [1.165, 1.54) is 52.8 Å². The van der Waals surface area contributed by atoms with Gasteiger partial charge in [-0.25, -0.2) is 0 Å². The molecule has 0 fully saturated rings. The highest BCUT2D eigenvalue weighted by Crippen LogP contribution is 2.48. The van der Waals surface area contributed by atoms with Gasteiger partial charge in [-0.05, 0) is 74.6 Å². The molecule has 0 radical (unpaired) electrons. The predicted octanol–water partition coefficient (Wildman–Crippen LogP) is 15.1. The summed E-state index contributed by atoms with van der Waals surface area (Å²) < 4.78 is 9.52. The van der Waals surface area contributed by atoms with Crippen molar-refractivity contribution in [2.75, 3.05) is 4.90 Å². The largest absolute Gasteiger partial charge is 0.453 e. The molecule has 0 amide bonds. The smallest absolute Gasteiger partial charge is 0.159 e. The highest BCUT2D eigenvalue weighted by Gasteiger charge is 2.23. The number of furan rings is 1. The third kappa shape index (κ3) is 4.78. The zero-order chi connectivity index (χ0) is 34.9. The third-order valence-electron chi connectivity index (χ3n) is 10.7. The van der Waals surface area contributed by atoms with Crippen molar-refractivity contribution in [2.45, 2.75) is 0 Å². The average molecular weight is 694 g/mol. The van der Waals surface area contributed by atoms with Gasteiger partial charge in [-0.1, -0.05) is 152 Å². The minimum atomic E-state index is 0.870. The van der Waals surface area contributed by atoms with Gasteiger partial charge < -0.3 is 9.32 Å². The number of hydrogen-bond donors (Lipinski definition) is 0. The van der Waals surface area contributed by atoms with Crippen LogP contribution in [0, 0.1) is 0 Å². The van der Waals surface area contributed by atoms with Gasteiger partial charge in [0.05, 0.1) is 16.1 Å². The van der Waals surface area contributed by atoms with E-state index in [9.17, 15) is 0 Å². The molecule has 0 N–H and O–H groups in total. The van der Waals surface area contributed by atoms with Crippen molar-refractivity contribution >= 4 is 92.1 Å². The molecular formula is C50H31NOS. The monoisotopic (exact) mass is 693 g/mol. The summed E-state index contributed by atoms with van der Waals surface area (Å²) in [4.78, 5) is 2.39. The lowest BCUT2D eigenvalue weighted by Gasteiger charge is -2.26. The fourth-order valence-electron chi connectivity index (χ4n) is 8.13. The lowest BCUT2D eigenvalue weighted by atomic mass is 9.97. The molecule has 0 bridgehead atoms. The Balaban J connectivity index is 1.12. The van der Waals surface area contributed by atoms with Crippen molar-refractivity contribution < 1.29 is 4.42 Å². The van der Waals surface area contributed by atoms with Gasteiger partial charge in [-0.3, -0.25) is 0 Å². The Morgan fingerprint density at radius 2 is 1.00 bits per heavy atom. The van der Waals surface area contributed by atoms with Gasteiger partial charge in [-0.2, -0.15) is 0 Å². The summed E-state index contributed by atoms with van der Waals surface area (Å²) in [7, 11) is 0. The molecule has 0 aliphatic heterocycles. The second kappa shape index (κ2) is 11.9. The summed E-state index contributed by atoms with van der Waals surface area (Å²) in [6.45, 7) is 0. The molecule has 0 aliphatic rings. The van der Waals surface area contributed by atoms with Crippen LogP contribution in [0.5, 0.6) is 0 Å². The first kappa shape index (κ1) is 30.0. The molecule has 248 valence electrons. The standard InChI is InChI=1S/C50H31NOS/c1-2-11-33(12-3-1)39-16-8-17-41-42-18-9-20-45(49(42)52-48(39)41)51(46-21-10-19-43-40-15-6-7-22-47(40)53-50(43)46)37-29-27-32(28-30-37)36-26-25-35-24-23-34-13-4-5-14-38(34)44(35)31-36/h1-31H. The third-order valence-corrected chi connectivity index (χ3v) is 11.9. The number of para-hydroxylation sites is 2. The maximum atomic E-state index is 6.99. The maximum Gasteiger partial charge on any atom is 0.159 e. The lowest BCUT2D eigenvalue weighted by molar-refractivity contribution is 0.670. The Labute approximate surface area is 310 Å². The Hall–Kier alpha value is -6.68. The molecule has 11 rings (SSSR count). The first-order chi connectivity index (χ1) is 26.3. The summed E-state index contributed by atoms with van der Waals surface area (Å²) in [6, 6.07) is 67.8. The maximum absolute atomic E-state index is 6.99. The zero-order valence-corrected chi connectivity index (χ0v) is 29.5. The molecule has 0 unspecified atom stereocenters. The summed E-state index contributed by atoms with van der Waals surface area (Å²) in [5.41, 5.74) is 9.59. The highest BCUT2D eigenvalue weighted by molar-refractivity contribution is 7.26. The number of rotatable bonds is 5. The van der Waals surface area contributed by atoms with Crippen molar-refractivity contribution in [1.82, 2.24) is 0 Å². The number of hydrogen-bond acceptors (Lipinski definition) is 3. The van der Waals surface area contributed by atoms with Crippen LogP contribution in [0.4, 0.5) is 17.1 Å². The molecule has 3 heteroatoms. The van der Waals surface area contributed by atoms with E-state index in [1.54, 1.807) is 0 Å². The predicted molar refractivity (Wildman–Crippen MR) is 227 cm³/mol. The van der Waals surface area contributed by atoms with E-state index < -0.39 is 0 Å². The molecule has 0 spiro atoms. The van der Waals surface area contributed by atoms with Gasteiger partial charge in [0, 0.05) is 37.5 Å². The molecule has 2 heterocycles. The molecule has 53 heavy (non-hydrogen) atoms. The SMILES string of the molecule is c1ccc(-c2cccc3c2oc2c(N(c4ccc(-c5ccc6ccc7ccccc7c6c5)cc4)c4cccc5c4sc4ccccc45)cccc23)cc1. The van der Waals surface area contributed by atoms with E-state index in [4.69, 9.17) is 4.42 Å². The van der Waals surface area contributed by atoms with Gasteiger partial charge in [0.2, 0.25) is 0 Å². The normalized spacial score (nSPS) is 11.8. The molecule has 0 saturated heterocycles. The highest BCUT2D eigenvalue weighted by atomic mass is 32.1. The number of thiophene rings is 1. The molecule has 0 atom stereocenters. The number of benzene rings is 9. The fourth-order valence-corrected chi connectivity index (χ4v) is 9.33.